The fourth-order valence-electron chi connectivity index (χ4n) is 1.75. The molecule has 1 aliphatic carbocycles. The van der Waals surface area contributed by atoms with E-state index in [0.717, 1.165) is 12.1 Å². The fourth-order valence-corrected chi connectivity index (χ4v) is 1.75. The lowest BCUT2D eigenvalue weighted by Gasteiger charge is -2.14. The van der Waals surface area contributed by atoms with Crippen molar-refractivity contribution in [1.82, 2.24) is 0 Å². The Bertz CT molecular complexity index is 391. The number of benzene rings is 1. The Morgan fingerprint density at radius 1 is 1.27 bits per heavy atom. The Kier molecular flexibility index (Phi) is 2.08. The smallest absolute Gasteiger partial charge is 0.385 e. The molecule has 0 saturated heterocycles. The molecule has 4 heteroatoms. The van der Waals surface area contributed by atoms with Crippen LogP contribution in [-0.4, -0.2) is 5.11 Å². The van der Waals surface area contributed by atoms with E-state index in [0.29, 0.717) is 24.0 Å². The Balaban J connectivity index is 2.40. The first-order chi connectivity index (χ1) is 6.83. The van der Waals surface area contributed by atoms with Crippen LogP contribution in [0.3, 0.4) is 0 Å². The Morgan fingerprint density at radius 2 is 1.87 bits per heavy atom. The molecule has 82 valence electrons. The van der Waals surface area contributed by atoms with Gasteiger partial charge in [-0.2, -0.15) is 13.2 Å². The summed E-state index contributed by atoms with van der Waals surface area (Å²) >= 11 is 0. The van der Waals surface area contributed by atoms with Crippen molar-refractivity contribution in [2.24, 2.45) is 0 Å². The predicted octanol–water partition coefficient (Wildman–Crippen LogP) is 3.00. The second kappa shape index (κ2) is 2.98. The standard InChI is InChI=1S/C11H11F3O/c1-7-6-8(11(12,13)14)2-3-9(7)10(15)4-5-10/h2-3,6,15H,4-5H2,1H3. The van der Waals surface area contributed by atoms with Crippen LogP contribution >= 0.6 is 0 Å². The van der Waals surface area contributed by atoms with Crippen LogP contribution in [0.15, 0.2) is 18.2 Å². The maximum absolute atomic E-state index is 12.3. The summed E-state index contributed by atoms with van der Waals surface area (Å²) in [4.78, 5) is 0. The van der Waals surface area contributed by atoms with E-state index < -0.39 is 17.3 Å². The average Bonchev–Trinajstić information content (AvgIpc) is 2.82. The minimum Gasteiger partial charge on any atom is -0.385 e. The molecule has 0 amide bonds. The molecule has 0 bridgehead atoms. The quantitative estimate of drug-likeness (QED) is 0.765. The zero-order valence-corrected chi connectivity index (χ0v) is 8.23. The summed E-state index contributed by atoms with van der Waals surface area (Å²) < 4.78 is 37.0. The van der Waals surface area contributed by atoms with E-state index in [1.165, 1.54) is 6.07 Å². The van der Waals surface area contributed by atoms with E-state index in [4.69, 9.17) is 0 Å². The lowest BCUT2D eigenvalue weighted by atomic mass is 9.99. The largest absolute Gasteiger partial charge is 0.416 e. The van der Waals surface area contributed by atoms with Gasteiger partial charge in [0.05, 0.1) is 11.2 Å². The first kappa shape index (κ1) is 10.5. The molecule has 1 aromatic rings. The number of rotatable bonds is 1. The highest BCUT2D eigenvalue weighted by Gasteiger charge is 2.43. The molecular weight excluding hydrogens is 205 g/mol. The molecule has 0 radical (unpaired) electrons. The van der Waals surface area contributed by atoms with Gasteiger partial charge in [-0.25, -0.2) is 0 Å². The van der Waals surface area contributed by atoms with E-state index >= 15 is 0 Å². The molecule has 1 aromatic carbocycles. The van der Waals surface area contributed by atoms with Crippen LogP contribution in [0.25, 0.3) is 0 Å². The maximum atomic E-state index is 12.3. The van der Waals surface area contributed by atoms with Gasteiger partial charge in [0.25, 0.3) is 0 Å². The fraction of sp³-hybridized carbons (Fsp3) is 0.455. The van der Waals surface area contributed by atoms with Crippen molar-refractivity contribution >= 4 is 0 Å². The average molecular weight is 216 g/mol. The van der Waals surface area contributed by atoms with Crippen LogP contribution in [0.1, 0.15) is 29.5 Å². The van der Waals surface area contributed by atoms with Crippen LogP contribution in [0, 0.1) is 6.92 Å². The van der Waals surface area contributed by atoms with Crippen LogP contribution < -0.4 is 0 Å². The van der Waals surface area contributed by atoms with Crippen LogP contribution in [0.5, 0.6) is 0 Å². The monoisotopic (exact) mass is 216 g/mol. The van der Waals surface area contributed by atoms with E-state index in [1.807, 2.05) is 0 Å². The van der Waals surface area contributed by atoms with E-state index in [2.05, 4.69) is 0 Å². The molecule has 0 heterocycles. The predicted molar refractivity (Wildman–Crippen MR) is 49.3 cm³/mol. The second-order valence-electron chi connectivity index (χ2n) is 4.06. The summed E-state index contributed by atoms with van der Waals surface area (Å²) in [6.07, 6.45) is -3.03. The van der Waals surface area contributed by atoms with Gasteiger partial charge in [0.1, 0.15) is 0 Å². The highest BCUT2D eigenvalue weighted by molar-refractivity contribution is 5.38. The van der Waals surface area contributed by atoms with Crippen LogP contribution in [0.4, 0.5) is 13.2 Å². The molecule has 0 aromatic heterocycles. The molecule has 1 saturated carbocycles. The second-order valence-corrected chi connectivity index (χ2v) is 4.06. The van der Waals surface area contributed by atoms with Gasteiger partial charge in [-0.1, -0.05) is 6.07 Å². The minimum absolute atomic E-state index is 0.504. The van der Waals surface area contributed by atoms with Gasteiger partial charge >= 0.3 is 6.18 Å². The summed E-state index contributed by atoms with van der Waals surface area (Å²) in [5.74, 6) is 0. The van der Waals surface area contributed by atoms with Crippen LogP contribution in [0.2, 0.25) is 0 Å². The van der Waals surface area contributed by atoms with E-state index in [1.54, 1.807) is 6.92 Å². The molecule has 15 heavy (non-hydrogen) atoms. The van der Waals surface area contributed by atoms with E-state index in [-0.39, 0.29) is 0 Å². The van der Waals surface area contributed by atoms with Gasteiger partial charge in [-0.15, -0.1) is 0 Å². The molecule has 0 atom stereocenters. The molecule has 0 spiro atoms. The Labute approximate surface area is 85.5 Å². The van der Waals surface area contributed by atoms with Crippen molar-refractivity contribution < 1.29 is 18.3 Å². The topological polar surface area (TPSA) is 20.2 Å². The van der Waals surface area contributed by atoms with Gasteiger partial charge in [0.15, 0.2) is 0 Å². The number of aliphatic hydroxyl groups is 1. The van der Waals surface area contributed by atoms with Crippen molar-refractivity contribution in [3.63, 3.8) is 0 Å². The first-order valence-corrected chi connectivity index (χ1v) is 4.74. The van der Waals surface area contributed by atoms with Crippen molar-refractivity contribution in [1.29, 1.82) is 0 Å². The minimum atomic E-state index is -4.31. The highest BCUT2D eigenvalue weighted by atomic mass is 19.4. The maximum Gasteiger partial charge on any atom is 0.416 e. The van der Waals surface area contributed by atoms with Crippen molar-refractivity contribution in [2.45, 2.75) is 31.5 Å². The summed E-state index contributed by atoms with van der Waals surface area (Å²) in [5.41, 5.74) is -0.401. The Hall–Kier alpha value is -1.03. The van der Waals surface area contributed by atoms with Crippen molar-refractivity contribution in [3.8, 4) is 0 Å². The number of halogens is 3. The summed E-state index contributed by atoms with van der Waals surface area (Å²) in [5, 5.41) is 9.79. The molecule has 0 unspecified atom stereocenters. The summed E-state index contributed by atoms with van der Waals surface area (Å²) in [7, 11) is 0. The third-order valence-corrected chi connectivity index (χ3v) is 2.78. The van der Waals surface area contributed by atoms with Gasteiger partial charge < -0.3 is 5.11 Å². The SMILES string of the molecule is Cc1cc(C(F)(F)F)ccc1C1(O)CC1. The molecule has 0 aliphatic heterocycles. The van der Waals surface area contributed by atoms with Gasteiger partial charge in [-0.05, 0) is 43.0 Å². The Morgan fingerprint density at radius 3 is 2.27 bits per heavy atom. The van der Waals surface area contributed by atoms with E-state index in [9.17, 15) is 18.3 Å². The number of alkyl halides is 3. The molecule has 2 rings (SSSR count). The summed E-state index contributed by atoms with van der Waals surface area (Å²) in [6.45, 7) is 1.60. The molecule has 1 aliphatic rings. The molecule has 1 fully saturated rings. The highest BCUT2D eigenvalue weighted by Crippen LogP contribution is 2.47. The lowest BCUT2D eigenvalue weighted by Crippen LogP contribution is -2.10. The van der Waals surface area contributed by atoms with Crippen LogP contribution in [-0.2, 0) is 11.8 Å². The van der Waals surface area contributed by atoms with Gasteiger partial charge in [0, 0.05) is 0 Å². The zero-order chi connectivity index (χ0) is 11.3. The molecule has 1 nitrogen and oxygen atoms in total. The number of aryl methyl sites for hydroxylation is 1. The summed E-state index contributed by atoms with van der Waals surface area (Å²) in [6, 6.07) is 3.50. The van der Waals surface area contributed by atoms with Gasteiger partial charge in [0.2, 0.25) is 0 Å². The normalized spacial score (nSPS) is 19.0. The zero-order valence-electron chi connectivity index (χ0n) is 8.23. The van der Waals surface area contributed by atoms with Gasteiger partial charge in [-0.3, -0.25) is 0 Å². The third kappa shape index (κ3) is 1.86. The number of hydrogen-bond donors (Lipinski definition) is 1. The third-order valence-electron chi connectivity index (χ3n) is 2.78. The van der Waals surface area contributed by atoms with Crippen molar-refractivity contribution in [3.05, 3.63) is 34.9 Å². The molecular formula is C11H11F3O. The van der Waals surface area contributed by atoms with Crippen molar-refractivity contribution in [2.75, 3.05) is 0 Å². The number of hydrogen-bond acceptors (Lipinski definition) is 1. The molecule has 1 N–H and O–H groups in total. The lowest BCUT2D eigenvalue weighted by molar-refractivity contribution is -0.137. The first-order valence-electron chi connectivity index (χ1n) is 4.74.